The Labute approximate surface area is 82.1 Å². The van der Waals surface area contributed by atoms with E-state index in [4.69, 9.17) is 5.41 Å². The third kappa shape index (κ3) is 4.66. The average molecular weight is 179 g/mol. The lowest BCUT2D eigenvalue weighted by molar-refractivity contribution is 0.745. The van der Waals surface area contributed by atoms with Gasteiger partial charge in [0.25, 0.3) is 0 Å². The Balaban J connectivity index is 0.000000671. The molecule has 0 fully saturated rings. The van der Waals surface area contributed by atoms with E-state index in [1.54, 1.807) is 0 Å². The summed E-state index contributed by atoms with van der Waals surface area (Å²) in [5.41, 5.74) is 0.866. The molecule has 1 heteroatoms. The fourth-order valence-electron chi connectivity index (χ4n) is 1.30. The van der Waals surface area contributed by atoms with Crippen LogP contribution in [0.2, 0.25) is 0 Å². The largest absolute Gasteiger partial charge is 0.309 e. The summed E-state index contributed by atoms with van der Waals surface area (Å²) in [5.74, 6) is 0.398. The van der Waals surface area contributed by atoms with E-state index in [-0.39, 0.29) is 0 Å². The van der Waals surface area contributed by atoms with Gasteiger partial charge in [0.15, 0.2) is 0 Å². The number of allylic oxidation sites excluding steroid dienone is 4. The highest BCUT2D eigenvalue weighted by Gasteiger charge is 2.08. The van der Waals surface area contributed by atoms with E-state index in [1.807, 2.05) is 13.8 Å². The highest BCUT2D eigenvalue weighted by atomic mass is 14.4. The smallest absolute Gasteiger partial charge is 0.0155 e. The van der Waals surface area contributed by atoms with Crippen molar-refractivity contribution in [3.63, 3.8) is 0 Å². The van der Waals surface area contributed by atoms with Crippen molar-refractivity contribution in [1.29, 1.82) is 5.41 Å². The van der Waals surface area contributed by atoms with Gasteiger partial charge in [-0.2, -0.15) is 0 Å². The maximum absolute atomic E-state index is 7.65. The van der Waals surface area contributed by atoms with Crippen LogP contribution in [0.4, 0.5) is 0 Å². The highest BCUT2D eigenvalue weighted by Crippen LogP contribution is 2.15. The van der Waals surface area contributed by atoms with Gasteiger partial charge in [-0.1, -0.05) is 45.1 Å². The van der Waals surface area contributed by atoms with Crippen LogP contribution in [0, 0.1) is 11.3 Å². The molecule has 0 aromatic rings. The van der Waals surface area contributed by atoms with Gasteiger partial charge in [0.2, 0.25) is 0 Å². The second kappa shape index (κ2) is 7.78. The Morgan fingerprint density at radius 1 is 1.38 bits per heavy atom. The molecule has 0 saturated heterocycles. The average Bonchev–Trinajstić information content (AvgIpc) is 2.48. The summed E-state index contributed by atoms with van der Waals surface area (Å²) in [6.07, 6.45) is 11.5. The monoisotopic (exact) mass is 179 g/mol. The van der Waals surface area contributed by atoms with Crippen LogP contribution in [0.15, 0.2) is 24.3 Å². The van der Waals surface area contributed by atoms with E-state index in [2.05, 4.69) is 31.2 Å². The minimum absolute atomic E-state index is 0.398. The van der Waals surface area contributed by atoms with Crippen LogP contribution in [0.25, 0.3) is 0 Å². The molecule has 74 valence electrons. The van der Waals surface area contributed by atoms with Crippen LogP contribution in [-0.2, 0) is 0 Å². The summed E-state index contributed by atoms with van der Waals surface area (Å²) >= 11 is 0. The molecule has 1 N–H and O–H groups in total. The maximum atomic E-state index is 7.65. The van der Waals surface area contributed by atoms with Crippen LogP contribution in [0.1, 0.15) is 40.0 Å². The summed E-state index contributed by atoms with van der Waals surface area (Å²) in [6, 6.07) is 0. The zero-order chi connectivity index (χ0) is 10.1. The van der Waals surface area contributed by atoms with E-state index in [0.717, 1.165) is 25.0 Å². The van der Waals surface area contributed by atoms with Gasteiger partial charge in [-0.25, -0.2) is 0 Å². The molecule has 0 amide bonds. The molecule has 0 saturated carbocycles. The molecule has 1 aliphatic rings. The molecule has 1 aliphatic carbocycles. The first-order valence-electron chi connectivity index (χ1n) is 5.25. The van der Waals surface area contributed by atoms with Gasteiger partial charge >= 0.3 is 0 Å². The number of nitrogens with one attached hydrogen (secondary N) is 1. The molecule has 0 heterocycles. The van der Waals surface area contributed by atoms with Crippen LogP contribution in [0.3, 0.4) is 0 Å². The quantitative estimate of drug-likeness (QED) is 0.620. The molecular weight excluding hydrogens is 158 g/mol. The Hall–Kier alpha value is -0.850. The lowest BCUT2D eigenvalue weighted by Gasteiger charge is -2.09. The van der Waals surface area contributed by atoms with Crippen molar-refractivity contribution in [2.24, 2.45) is 5.92 Å². The van der Waals surface area contributed by atoms with Gasteiger partial charge < -0.3 is 5.41 Å². The molecule has 1 atom stereocenters. The minimum atomic E-state index is 0.398. The Bertz CT molecular complexity index is 189. The van der Waals surface area contributed by atoms with Crippen molar-refractivity contribution < 1.29 is 0 Å². The Kier molecular flexibility index (Phi) is 7.27. The van der Waals surface area contributed by atoms with Gasteiger partial charge in [-0.15, -0.1) is 0 Å². The molecule has 0 aromatic carbocycles. The fourth-order valence-corrected chi connectivity index (χ4v) is 1.30. The lowest BCUT2D eigenvalue weighted by Crippen LogP contribution is -2.08. The topological polar surface area (TPSA) is 23.9 Å². The second-order valence-corrected chi connectivity index (χ2v) is 2.88. The number of hydrogen-bond acceptors (Lipinski definition) is 1. The van der Waals surface area contributed by atoms with Gasteiger partial charge in [0.05, 0.1) is 0 Å². The highest BCUT2D eigenvalue weighted by molar-refractivity contribution is 5.85. The standard InChI is InChI=1S/C10H15N.C2H6/c1-2-10(11)9-7-5-3-4-6-8-9;1-2/h3-5,7,9,11H,2,6,8H2,1H3;1-2H3. The SMILES string of the molecule is CC.CCC(=N)C1C=CC=CCC1. The van der Waals surface area contributed by atoms with E-state index in [9.17, 15) is 0 Å². The number of hydrogen-bond donors (Lipinski definition) is 1. The molecule has 0 spiro atoms. The molecule has 1 rings (SSSR count). The first kappa shape index (κ1) is 12.2. The summed E-state index contributed by atoms with van der Waals surface area (Å²) in [6.45, 7) is 6.05. The van der Waals surface area contributed by atoms with E-state index in [0.29, 0.717) is 5.92 Å². The van der Waals surface area contributed by atoms with Crippen molar-refractivity contribution in [2.45, 2.75) is 40.0 Å². The molecule has 0 radical (unpaired) electrons. The maximum Gasteiger partial charge on any atom is 0.0155 e. The first-order chi connectivity index (χ1) is 6.34. The molecule has 13 heavy (non-hydrogen) atoms. The van der Waals surface area contributed by atoms with Crippen molar-refractivity contribution in [2.75, 3.05) is 0 Å². The van der Waals surface area contributed by atoms with E-state index in [1.165, 1.54) is 0 Å². The molecular formula is C12H21N. The minimum Gasteiger partial charge on any atom is -0.309 e. The van der Waals surface area contributed by atoms with Gasteiger partial charge in [0.1, 0.15) is 0 Å². The normalized spacial score (nSPS) is 20.1. The van der Waals surface area contributed by atoms with Crippen LogP contribution >= 0.6 is 0 Å². The third-order valence-electron chi connectivity index (χ3n) is 2.06. The third-order valence-corrected chi connectivity index (χ3v) is 2.06. The first-order valence-corrected chi connectivity index (χ1v) is 5.25. The zero-order valence-electron chi connectivity index (χ0n) is 9.01. The lowest BCUT2D eigenvalue weighted by atomic mass is 9.96. The van der Waals surface area contributed by atoms with Crippen molar-refractivity contribution in [1.82, 2.24) is 0 Å². The van der Waals surface area contributed by atoms with Crippen LogP contribution in [-0.4, -0.2) is 5.71 Å². The summed E-state index contributed by atoms with van der Waals surface area (Å²) in [4.78, 5) is 0. The van der Waals surface area contributed by atoms with Gasteiger partial charge in [-0.05, 0) is 19.3 Å². The van der Waals surface area contributed by atoms with Crippen molar-refractivity contribution in [3.8, 4) is 0 Å². The molecule has 0 bridgehead atoms. The molecule has 0 aromatic heterocycles. The van der Waals surface area contributed by atoms with E-state index >= 15 is 0 Å². The number of rotatable bonds is 2. The van der Waals surface area contributed by atoms with Crippen molar-refractivity contribution >= 4 is 5.71 Å². The van der Waals surface area contributed by atoms with Gasteiger partial charge in [-0.3, -0.25) is 0 Å². The predicted molar refractivity (Wildman–Crippen MR) is 60.4 cm³/mol. The van der Waals surface area contributed by atoms with Gasteiger partial charge in [0, 0.05) is 11.6 Å². The molecule has 1 unspecified atom stereocenters. The van der Waals surface area contributed by atoms with Crippen LogP contribution < -0.4 is 0 Å². The summed E-state index contributed by atoms with van der Waals surface area (Å²) in [7, 11) is 0. The Morgan fingerprint density at radius 3 is 2.69 bits per heavy atom. The molecule has 1 nitrogen and oxygen atoms in total. The summed E-state index contributed by atoms with van der Waals surface area (Å²) in [5, 5.41) is 7.65. The predicted octanol–water partition coefficient (Wildman–Crippen LogP) is 3.96. The van der Waals surface area contributed by atoms with Crippen molar-refractivity contribution in [3.05, 3.63) is 24.3 Å². The van der Waals surface area contributed by atoms with Crippen LogP contribution in [0.5, 0.6) is 0 Å². The molecule has 0 aliphatic heterocycles. The second-order valence-electron chi connectivity index (χ2n) is 2.88. The summed E-state index contributed by atoms with van der Waals surface area (Å²) < 4.78 is 0. The fraction of sp³-hybridized carbons (Fsp3) is 0.583. The van der Waals surface area contributed by atoms with E-state index < -0.39 is 0 Å². The zero-order valence-corrected chi connectivity index (χ0v) is 9.01. The Morgan fingerprint density at radius 2 is 2.08 bits per heavy atom.